The Bertz CT molecular complexity index is 726. The Morgan fingerprint density at radius 1 is 1.22 bits per heavy atom. The number of aliphatic hydroxyl groups is 2. The van der Waals surface area contributed by atoms with Crippen LogP contribution in [0.5, 0.6) is 0 Å². The Balaban J connectivity index is 1.68. The molecule has 0 aromatic heterocycles. The van der Waals surface area contributed by atoms with Crippen LogP contribution in [0.4, 0.5) is 0 Å². The number of carboxylic acids is 1. The van der Waals surface area contributed by atoms with Gasteiger partial charge in [-0.2, -0.15) is 0 Å². The summed E-state index contributed by atoms with van der Waals surface area (Å²) in [5.74, 6) is -0.481. The van der Waals surface area contributed by atoms with Crippen molar-refractivity contribution >= 4 is 5.97 Å². The average molecular weight is 376 g/mol. The van der Waals surface area contributed by atoms with Crippen molar-refractivity contribution in [3.8, 4) is 0 Å². The van der Waals surface area contributed by atoms with E-state index >= 15 is 0 Å². The molecule has 4 rings (SSSR count). The quantitative estimate of drug-likeness (QED) is 0.520. The van der Waals surface area contributed by atoms with Crippen LogP contribution < -0.4 is 0 Å². The normalized spacial score (nSPS) is 51.6. The molecule has 4 aliphatic rings. The van der Waals surface area contributed by atoms with E-state index in [1.807, 2.05) is 13.8 Å². The first-order chi connectivity index (χ1) is 12.6. The third-order valence-electron chi connectivity index (χ3n) is 8.46. The number of ether oxygens (including phenoxy) is 1. The van der Waals surface area contributed by atoms with E-state index < -0.39 is 29.2 Å². The molecule has 3 aliphatic carbocycles. The predicted octanol–water partition coefficient (Wildman–Crippen LogP) is 3.06. The summed E-state index contributed by atoms with van der Waals surface area (Å²) in [5.41, 5.74) is 0.430. The van der Waals surface area contributed by atoms with Crippen molar-refractivity contribution in [3.63, 3.8) is 0 Å². The lowest BCUT2D eigenvalue weighted by Gasteiger charge is -2.56. The topological polar surface area (TPSA) is 90.3 Å². The highest BCUT2D eigenvalue weighted by atomic mass is 16.6. The Morgan fingerprint density at radius 2 is 1.93 bits per heavy atom. The van der Waals surface area contributed by atoms with Crippen molar-refractivity contribution in [1.82, 2.24) is 0 Å². The molecule has 8 atom stereocenters. The number of carboxylic acid groups (broad SMARTS) is 1. The summed E-state index contributed by atoms with van der Waals surface area (Å²) in [6.45, 7) is 8.09. The lowest BCUT2D eigenvalue weighted by atomic mass is 9.47. The zero-order chi connectivity index (χ0) is 19.8. The number of hydrogen-bond donors (Lipinski definition) is 3. The fraction of sp³-hybridized carbons (Fsp3) is 0.773. The SMILES string of the molecule is CC1=C[C@@H](O)[C@]2(C[C@H]3C(C)=CC[C@@H]4[C@]3(C)CCC[C@@]4(C)C(=O)O)O[C@@H]2[C@H]1O. The van der Waals surface area contributed by atoms with Gasteiger partial charge in [-0.3, -0.25) is 4.79 Å². The first-order valence-corrected chi connectivity index (χ1v) is 10.2. The van der Waals surface area contributed by atoms with E-state index in [4.69, 9.17) is 4.74 Å². The molecule has 1 heterocycles. The predicted molar refractivity (Wildman–Crippen MR) is 101 cm³/mol. The van der Waals surface area contributed by atoms with Gasteiger partial charge in [0, 0.05) is 0 Å². The standard InChI is InChI=1S/C22H32O5/c1-12-6-7-15-20(3,8-5-9-21(15,4)19(25)26)14(12)11-22-16(23)10-13(2)17(24)18(22)27-22/h6,10,14-18,23-24H,5,7-9,11H2,1-4H3,(H,25,26)/t14-,15+,16+,17-,18+,20+,21+,22-/m0/s1. The van der Waals surface area contributed by atoms with Crippen molar-refractivity contribution in [2.24, 2.45) is 22.7 Å². The molecule has 3 N–H and O–H groups in total. The summed E-state index contributed by atoms with van der Waals surface area (Å²) in [7, 11) is 0. The summed E-state index contributed by atoms with van der Waals surface area (Å²) >= 11 is 0. The maximum atomic E-state index is 12.1. The average Bonchev–Trinajstić information content (AvgIpc) is 3.33. The van der Waals surface area contributed by atoms with E-state index in [1.165, 1.54) is 5.57 Å². The van der Waals surface area contributed by atoms with Crippen LogP contribution in [-0.4, -0.2) is 45.2 Å². The largest absolute Gasteiger partial charge is 0.481 e. The van der Waals surface area contributed by atoms with Crippen LogP contribution in [0.25, 0.3) is 0 Å². The van der Waals surface area contributed by atoms with Crippen molar-refractivity contribution in [2.45, 2.75) is 83.7 Å². The molecule has 5 nitrogen and oxygen atoms in total. The highest BCUT2D eigenvalue weighted by molar-refractivity contribution is 5.75. The van der Waals surface area contributed by atoms with Gasteiger partial charge in [0.05, 0.1) is 5.41 Å². The van der Waals surface area contributed by atoms with Gasteiger partial charge in [-0.15, -0.1) is 0 Å². The Kier molecular flexibility index (Phi) is 4.20. The third-order valence-corrected chi connectivity index (χ3v) is 8.46. The number of carbonyl (C=O) groups is 1. The van der Waals surface area contributed by atoms with Crippen LogP contribution >= 0.6 is 0 Å². The number of allylic oxidation sites excluding steroid dienone is 2. The van der Waals surface area contributed by atoms with Crippen LogP contribution in [0.1, 0.15) is 59.8 Å². The number of hydrogen-bond acceptors (Lipinski definition) is 4. The van der Waals surface area contributed by atoms with Gasteiger partial charge in [-0.1, -0.05) is 31.1 Å². The summed E-state index contributed by atoms with van der Waals surface area (Å²) in [6.07, 6.45) is 6.21. The number of aliphatic hydroxyl groups excluding tert-OH is 2. The molecular formula is C22H32O5. The van der Waals surface area contributed by atoms with Gasteiger partial charge >= 0.3 is 5.97 Å². The van der Waals surface area contributed by atoms with Gasteiger partial charge < -0.3 is 20.1 Å². The number of epoxide rings is 1. The smallest absolute Gasteiger partial charge is 0.309 e. The molecule has 27 heavy (non-hydrogen) atoms. The van der Waals surface area contributed by atoms with Crippen LogP contribution in [0.2, 0.25) is 0 Å². The fourth-order valence-electron chi connectivity index (χ4n) is 6.58. The number of aliphatic carboxylic acids is 1. The van der Waals surface area contributed by atoms with Gasteiger partial charge in [0.25, 0.3) is 0 Å². The lowest BCUT2D eigenvalue weighted by Crippen LogP contribution is -2.54. The minimum absolute atomic E-state index is 0.0708. The Morgan fingerprint density at radius 3 is 2.59 bits per heavy atom. The van der Waals surface area contributed by atoms with E-state index in [0.29, 0.717) is 6.42 Å². The van der Waals surface area contributed by atoms with Gasteiger partial charge in [0.15, 0.2) is 0 Å². The van der Waals surface area contributed by atoms with Gasteiger partial charge in [-0.05, 0) is 69.3 Å². The molecule has 1 aliphatic heterocycles. The van der Waals surface area contributed by atoms with Crippen LogP contribution in [0.3, 0.4) is 0 Å². The second kappa shape index (κ2) is 5.91. The second-order valence-electron chi connectivity index (χ2n) is 9.87. The van der Waals surface area contributed by atoms with Crippen molar-refractivity contribution in [2.75, 3.05) is 0 Å². The molecular weight excluding hydrogens is 344 g/mol. The highest BCUT2D eigenvalue weighted by Gasteiger charge is 2.68. The molecule has 0 bridgehead atoms. The lowest BCUT2D eigenvalue weighted by molar-refractivity contribution is -0.163. The molecule has 0 aromatic rings. The first-order valence-electron chi connectivity index (χ1n) is 10.2. The summed E-state index contributed by atoms with van der Waals surface area (Å²) < 4.78 is 5.94. The van der Waals surface area contributed by atoms with E-state index in [2.05, 4.69) is 19.9 Å². The second-order valence-corrected chi connectivity index (χ2v) is 9.87. The van der Waals surface area contributed by atoms with Gasteiger partial charge in [-0.25, -0.2) is 0 Å². The van der Waals surface area contributed by atoms with E-state index in [9.17, 15) is 20.1 Å². The number of rotatable bonds is 3. The summed E-state index contributed by atoms with van der Waals surface area (Å²) in [4.78, 5) is 12.1. The third kappa shape index (κ3) is 2.51. The van der Waals surface area contributed by atoms with E-state index in [1.54, 1.807) is 6.08 Å². The highest BCUT2D eigenvalue weighted by Crippen LogP contribution is 2.63. The molecule has 0 unspecified atom stereocenters. The van der Waals surface area contributed by atoms with Crippen molar-refractivity contribution in [1.29, 1.82) is 0 Å². The molecule has 5 heteroatoms. The molecule has 150 valence electrons. The Hall–Kier alpha value is -1.17. The molecule has 0 spiro atoms. The maximum Gasteiger partial charge on any atom is 0.309 e. The molecule has 1 saturated heterocycles. The minimum Gasteiger partial charge on any atom is -0.481 e. The first kappa shape index (κ1) is 19.2. The summed E-state index contributed by atoms with van der Waals surface area (Å²) in [5, 5.41) is 31.1. The fourth-order valence-corrected chi connectivity index (χ4v) is 6.58. The van der Waals surface area contributed by atoms with Gasteiger partial charge in [0.2, 0.25) is 0 Å². The molecule has 0 aromatic carbocycles. The van der Waals surface area contributed by atoms with Gasteiger partial charge in [0.1, 0.15) is 23.9 Å². The van der Waals surface area contributed by atoms with E-state index in [-0.39, 0.29) is 23.4 Å². The molecule has 1 saturated carbocycles. The van der Waals surface area contributed by atoms with Crippen LogP contribution in [0.15, 0.2) is 23.3 Å². The minimum atomic E-state index is -0.735. The zero-order valence-corrected chi connectivity index (χ0v) is 16.7. The van der Waals surface area contributed by atoms with Crippen molar-refractivity contribution < 1.29 is 24.9 Å². The maximum absolute atomic E-state index is 12.1. The monoisotopic (exact) mass is 376 g/mol. The molecule has 2 fully saturated rings. The molecule has 0 radical (unpaired) electrons. The van der Waals surface area contributed by atoms with Crippen LogP contribution in [-0.2, 0) is 9.53 Å². The van der Waals surface area contributed by atoms with E-state index in [0.717, 1.165) is 31.3 Å². The summed E-state index contributed by atoms with van der Waals surface area (Å²) in [6, 6.07) is 0. The Labute approximate surface area is 161 Å². The zero-order valence-electron chi connectivity index (χ0n) is 16.7. The van der Waals surface area contributed by atoms with Crippen molar-refractivity contribution in [3.05, 3.63) is 23.3 Å². The molecule has 0 amide bonds. The number of fused-ring (bicyclic) bond motifs is 2. The van der Waals surface area contributed by atoms with Crippen LogP contribution in [0, 0.1) is 22.7 Å².